The van der Waals surface area contributed by atoms with Gasteiger partial charge in [-0.2, -0.15) is 0 Å². The first-order valence-corrected chi connectivity index (χ1v) is 6.39. The summed E-state index contributed by atoms with van der Waals surface area (Å²) >= 11 is 0. The molecule has 5 nitrogen and oxygen atoms in total. The third kappa shape index (κ3) is 4.53. The fourth-order valence-electron chi connectivity index (χ4n) is 1.00. The van der Waals surface area contributed by atoms with E-state index in [-0.39, 0.29) is 26.2 Å². The zero-order chi connectivity index (χ0) is 11.0. The highest BCUT2D eigenvalue weighted by atomic mass is 31.2. The molecular formula is C8H19O5P. The van der Waals surface area contributed by atoms with E-state index in [1.807, 2.05) is 0 Å². The van der Waals surface area contributed by atoms with Gasteiger partial charge in [0.15, 0.2) is 5.85 Å². The molecule has 86 valence electrons. The van der Waals surface area contributed by atoms with E-state index in [2.05, 4.69) is 0 Å². The SMILES string of the molecule is CCOP(=O)(OCC)[C@@H](O)CCCO. The van der Waals surface area contributed by atoms with Crippen LogP contribution in [0.25, 0.3) is 0 Å². The van der Waals surface area contributed by atoms with E-state index in [4.69, 9.17) is 14.2 Å². The molecule has 0 aliphatic heterocycles. The first-order chi connectivity index (χ1) is 6.60. The summed E-state index contributed by atoms with van der Waals surface area (Å²) in [4.78, 5) is 0. The molecular weight excluding hydrogens is 207 g/mol. The molecule has 0 aliphatic carbocycles. The van der Waals surface area contributed by atoms with Crippen molar-refractivity contribution < 1.29 is 23.8 Å². The second kappa shape index (κ2) is 7.37. The Labute approximate surface area is 84.6 Å². The first kappa shape index (κ1) is 14.1. The van der Waals surface area contributed by atoms with E-state index >= 15 is 0 Å². The van der Waals surface area contributed by atoms with Gasteiger partial charge in [0.25, 0.3) is 0 Å². The second-order valence-electron chi connectivity index (χ2n) is 2.72. The predicted molar refractivity (Wildman–Crippen MR) is 53.2 cm³/mol. The van der Waals surface area contributed by atoms with Gasteiger partial charge in [-0.05, 0) is 26.7 Å². The molecule has 14 heavy (non-hydrogen) atoms. The smallest absolute Gasteiger partial charge is 0.358 e. The normalized spacial score (nSPS) is 14.3. The molecule has 0 heterocycles. The summed E-state index contributed by atoms with van der Waals surface area (Å²) in [5.41, 5.74) is 0. The Morgan fingerprint density at radius 2 is 1.79 bits per heavy atom. The Morgan fingerprint density at radius 3 is 2.14 bits per heavy atom. The lowest BCUT2D eigenvalue weighted by Crippen LogP contribution is -2.13. The zero-order valence-corrected chi connectivity index (χ0v) is 9.57. The Morgan fingerprint density at radius 1 is 1.29 bits per heavy atom. The molecule has 0 radical (unpaired) electrons. The van der Waals surface area contributed by atoms with Crippen LogP contribution in [-0.4, -0.2) is 35.9 Å². The third-order valence-electron chi connectivity index (χ3n) is 1.60. The van der Waals surface area contributed by atoms with Crippen molar-refractivity contribution in [1.82, 2.24) is 0 Å². The monoisotopic (exact) mass is 226 g/mol. The standard InChI is InChI=1S/C8H19O5P/c1-3-12-14(11,13-4-2)8(10)6-5-7-9/h8-10H,3-7H2,1-2H3/t8-/m1/s1. The highest BCUT2D eigenvalue weighted by molar-refractivity contribution is 7.54. The summed E-state index contributed by atoms with van der Waals surface area (Å²) in [6.07, 6.45) is 0.596. The lowest BCUT2D eigenvalue weighted by atomic mass is 10.3. The summed E-state index contributed by atoms with van der Waals surface area (Å²) in [7, 11) is -3.40. The van der Waals surface area contributed by atoms with Crippen LogP contribution in [0.1, 0.15) is 26.7 Å². The summed E-state index contributed by atoms with van der Waals surface area (Å²) in [5, 5.41) is 18.1. The summed E-state index contributed by atoms with van der Waals surface area (Å²) in [6.45, 7) is 3.78. The van der Waals surface area contributed by atoms with Crippen LogP contribution in [0.4, 0.5) is 0 Å². The van der Waals surface area contributed by atoms with Crippen molar-refractivity contribution >= 4 is 7.60 Å². The Balaban J connectivity index is 4.23. The lowest BCUT2D eigenvalue weighted by Gasteiger charge is -2.21. The lowest BCUT2D eigenvalue weighted by molar-refractivity contribution is 0.137. The average Bonchev–Trinajstić information content (AvgIpc) is 2.15. The van der Waals surface area contributed by atoms with Crippen LogP contribution in [0.2, 0.25) is 0 Å². The van der Waals surface area contributed by atoms with E-state index in [0.717, 1.165) is 0 Å². The second-order valence-corrected chi connectivity index (χ2v) is 4.91. The third-order valence-corrected chi connectivity index (χ3v) is 3.83. The number of rotatable bonds is 8. The Kier molecular flexibility index (Phi) is 7.41. The maximum atomic E-state index is 11.8. The highest BCUT2D eigenvalue weighted by Crippen LogP contribution is 2.53. The molecule has 0 fully saturated rings. The van der Waals surface area contributed by atoms with E-state index in [1.165, 1.54) is 0 Å². The van der Waals surface area contributed by atoms with E-state index in [9.17, 15) is 9.67 Å². The molecule has 0 aromatic rings. The van der Waals surface area contributed by atoms with Gasteiger partial charge < -0.3 is 19.3 Å². The van der Waals surface area contributed by atoms with Gasteiger partial charge in [0.05, 0.1) is 13.2 Å². The minimum Gasteiger partial charge on any atom is -0.396 e. The van der Waals surface area contributed by atoms with Crippen molar-refractivity contribution in [1.29, 1.82) is 0 Å². The minimum absolute atomic E-state index is 0.0463. The van der Waals surface area contributed by atoms with Crippen molar-refractivity contribution in [3.05, 3.63) is 0 Å². The quantitative estimate of drug-likeness (QED) is 0.611. The molecule has 0 saturated carbocycles. The molecule has 0 rings (SSSR count). The fourth-order valence-corrected chi connectivity index (χ4v) is 2.64. The molecule has 0 aliphatic rings. The summed E-state index contributed by atoms with van der Waals surface area (Å²) in [5.74, 6) is -1.14. The molecule has 0 aromatic carbocycles. The molecule has 0 aromatic heterocycles. The van der Waals surface area contributed by atoms with Crippen molar-refractivity contribution in [2.75, 3.05) is 19.8 Å². The van der Waals surface area contributed by atoms with Gasteiger partial charge in [0, 0.05) is 6.61 Å². The van der Waals surface area contributed by atoms with Crippen LogP contribution < -0.4 is 0 Å². The molecule has 1 atom stereocenters. The molecule has 0 unspecified atom stereocenters. The molecule has 0 amide bonds. The predicted octanol–water partition coefficient (Wildman–Crippen LogP) is 1.34. The maximum Gasteiger partial charge on any atom is 0.358 e. The molecule has 2 N–H and O–H groups in total. The van der Waals surface area contributed by atoms with Gasteiger partial charge in [0.2, 0.25) is 0 Å². The van der Waals surface area contributed by atoms with Crippen LogP contribution in [0, 0.1) is 0 Å². The number of hydrogen-bond acceptors (Lipinski definition) is 5. The van der Waals surface area contributed by atoms with Crippen LogP contribution in [0.3, 0.4) is 0 Å². The number of aliphatic hydroxyl groups is 2. The average molecular weight is 226 g/mol. The van der Waals surface area contributed by atoms with Crippen LogP contribution in [0.5, 0.6) is 0 Å². The van der Waals surface area contributed by atoms with Crippen molar-refractivity contribution in [3.63, 3.8) is 0 Å². The maximum absolute atomic E-state index is 11.8. The van der Waals surface area contributed by atoms with Gasteiger partial charge in [-0.3, -0.25) is 4.57 Å². The highest BCUT2D eigenvalue weighted by Gasteiger charge is 2.33. The first-order valence-electron chi connectivity index (χ1n) is 4.78. The zero-order valence-electron chi connectivity index (χ0n) is 8.68. The fraction of sp³-hybridized carbons (Fsp3) is 1.00. The Hall–Kier alpha value is 0.0700. The molecule has 0 spiro atoms. The van der Waals surface area contributed by atoms with Gasteiger partial charge in [0.1, 0.15) is 0 Å². The van der Waals surface area contributed by atoms with Crippen LogP contribution in [-0.2, 0) is 13.6 Å². The van der Waals surface area contributed by atoms with Gasteiger partial charge in [-0.25, -0.2) is 0 Å². The molecule has 0 bridgehead atoms. The van der Waals surface area contributed by atoms with Crippen molar-refractivity contribution in [2.45, 2.75) is 32.5 Å². The largest absolute Gasteiger partial charge is 0.396 e. The Bertz CT molecular complexity index is 175. The van der Waals surface area contributed by atoms with Crippen LogP contribution in [0.15, 0.2) is 0 Å². The van der Waals surface area contributed by atoms with Gasteiger partial charge in [-0.15, -0.1) is 0 Å². The van der Waals surface area contributed by atoms with Crippen molar-refractivity contribution in [2.24, 2.45) is 0 Å². The van der Waals surface area contributed by atoms with E-state index in [0.29, 0.717) is 6.42 Å². The van der Waals surface area contributed by atoms with Gasteiger partial charge >= 0.3 is 7.60 Å². The summed E-state index contributed by atoms with van der Waals surface area (Å²) in [6, 6.07) is 0. The molecule has 6 heteroatoms. The number of hydrogen-bond donors (Lipinski definition) is 2. The van der Waals surface area contributed by atoms with Crippen molar-refractivity contribution in [3.8, 4) is 0 Å². The molecule has 0 saturated heterocycles. The topological polar surface area (TPSA) is 76.0 Å². The minimum atomic E-state index is -3.40. The summed E-state index contributed by atoms with van der Waals surface area (Å²) < 4.78 is 21.7. The van der Waals surface area contributed by atoms with E-state index < -0.39 is 13.4 Å². The van der Waals surface area contributed by atoms with Gasteiger partial charge in [-0.1, -0.05) is 0 Å². The number of aliphatic hydroxyl groups excluding tert-OH is 2. The van der Waals surface area contributed by atoms with E-state index in [1.54, 1.807) is 13.8 Å². The van der Waals surface area contributed by atoms with Crippen LogP contribution >= 0.6 is 7.60 Å².